The van der Waals surface area contributed by atoms with Crippen LogP contribution in [0.25, 0.3) is 5.69 Å². The molecule has 11 nitrogen and oxygen atoms in total. The zero-order chi connectivity index (χ0) is 19.5. The van der Waals surface area contributed by atoms with Crippen molar-refractivity contribution >= 4 is 29.3 Å². The van der Waals surface area contributed by atoms with Gasteiger partial charge in [0.15, 0.2) is 0 Å². The molecule has 4 rings (SSSR count). The highest BCUT2D eigenvalue weighted by Gasteiger charge is 2.22. The van der Waals surface area contributed by atoms with Crippen molar-refractivity contribution in [3.63, 3.8) is 0 Å². The Balaban J connectivity index is 1.60. The fourth-order valence-corrected chi connectivity index (χ4v) is 2.81. The third-order valence-corrected chi connectivity index (χ3v) is 4.12. The topological polar surface area (TPSA) is 153 Å². The first-order valence-electron chi connectivity index (χ1n) is 8.52. The summed E-state index contributed by atoms with van der Waals surface area (Å²) in [6, 6.07) is 7.17. The molecular formula is C17H17N9O2. The van der Waals surface area contributed by atoms with E-state index < -0.39 is 5.91 Å². The molecule has 1 aliphatic rings. The second-order valence-electron chi connectivity index (χ2n) is 6.16. The maximum atomic E-state index is 11.8. The first-order valence-corrected chi connectivity index (χ1v) is 8.52. The van der Waals surface area contributed by atoms with Crippen LogP contribution in [0.15, 0.2) is 42.9 Å². The SMILES string of the molecule is NC(=O)c1cnc(NC2CNC(=O)C2)nc1Nc1cccc(-n2nccn2)c1. The van der Waals surface area contributed by atoms with E-state index >= 15 is 0 Å². The fourth-order valence-electron chi connectivity index (χ4n) is 2.81. The van der Waals surface area contributed by atoms with Gasteiger partial charge in [0, 0.05) is 24.8 Å². The lowest BCUT2D eigenvalue weighted by molar-refractivity contribution is -0.119. The third kappa shape index (κ3) is 3.72. The molecule has 0 aliphatic carbocycles. The van der Waals surface area contributed by atoms with Gasteiger partial charge in [-0.25, -0.2) is 4.98 Å². The number of nitrogens with zero attached hydrogens (tertiary/aromatic N) is 5. The second kappa shape index (κ2) is 7.31. The number of hydrogen-bond acceptors (Lipinski definition) is 8. The highest BCUT2D eigenvalue weighted by molar-refractivity contribution is 5.98. The lowest BCUT2D eigenvalue weighted by Crippen LogP contribution is -2.24. The number of benzene rings is 1. The third-order valence-electron chi connectivity index (χ3n) is 4.12. The molecular weight excluding hydrogens is 362 g/mol. The first kappa shape index (κ1) is 17.4. The van der Waals surface area contributed by atoms with Crippen LogP contribution in [-0.4, -0.2) is 49.4 Å². The molecule has 2 aromatic heterocycles. The van der Waals surface area contributed by atoms with Crippen molar-refractivity contribution in [3.05, 3.63) is 48.4 Å². The summed E-state index contributed by atoms with van der Waals surface area (Å²) in [5.41, 5.74) is 7.00. The van der Waals surface area contributed by atoms with Crippen molar-refractivity contribution < 1.29 is 9.59 Å². The van der Waals surface area contributed by atoms with Gasteiger partial charge in [-0.1, -0.05) is 6.07 Å². The van der Waals surface area contributed by atoms with Crippen LogP contribution in [0, 0.1) is 0 Å². The van der Waals surface area contributed by atoms with Gasteiger partial charge >= 0.3 is 0 Å². The Morgan fingerprint density at radius 3 is 2.82 bits per heavy atom. The number of hydrogen-bond donors (Lipinski definition) is 4. The lowest BCUT2D eigenvalue weighted by atomic mass is 10.2. The Hall–Kier alpha value is -4.02. The maximum absolute atomic E-state index is 11.8. The highest BCUT2D eigenvalue weighted by atomic mass is 16.2. The molecule has 1 fully saturated rings. The molecule has 11 heteroatoms. The number of aromatic nitrogens is 5. The summed E-state index contributed by atoms with van der Waals surface area (Å²) in [7, 11) is 0. The summed E-state index contributed by atoms with van der Waals surface area (Å²) >= 11 is 0. The quantitative estimate of drug-likeness (QED) is 0.474. The standard InChI is InChI=1S/C17H17N9O2/c18-15(28)13-9-20-17(24-11-7-14(27)19-8-11)25-16(13)23-10-2-1-3-12(6-10)26-21-4-5-22-26/h1-6,9,11H,7-8H2,(H2,18,28)(H,19,27)(H2,20,23,24,25). The van der Waals surface area contributed by atoms with Crippen molar-refractivity contribution in [1.29, 1.82) is 0 Å². The van der Waals surface area contributed by atoms with E-state index in [1.807, 2.05) is 18.2 Å². The van der Waals surface area contributed by atoms with Crippen molar-refractivity contribution in [2.75, 3.05) is 17.2 Å². The van der Waals surface area contributed by atoms with E-state index in [2.05, 4.69) is 36.1 Å². The van der Waals surface area contributed by atoms with Crippen molar-refractivity contribution in [3.8, 4) is 5.69 Å². The minimum atomic E-state index is -0.656. The Labute approximate surface area is 159 Å². The number of anilines is 3. The minimum absolute atomic E-state index is 0.0337. The monoisotopic (exact) mass is 379 g/mol. The van der Waals surface area contributed by atoms with E-state index in [0.717, 1.165) is 5.69 Å². The Bertz CT molecular complexity index is 1020. The van der Waals surface area contributed by atoms with Crippen LogP contribution < -0.4 is 21.7 Å². The zero-order valence-electron chi connectivity index (χ0n) is 14.7. The van der Waals surface area contributed by atoms with Crippen LogP contribution in [0.4, 0.5) is 17.5 Å². The molecule has 1 aliphatic heterocycles. The molecule has 142 valence electrons. The van der Waals surface area contributed by atoms with E-state index in [1.165, 1.54) is 11.0 Å². The van der Waals surface area contributed by atoms with Crippen molar-refractivity contribution in [2.45, 2.75) is 12.5 Å². The van der Waals surface area contributed by atoms with Crippen LogP contribution in [0.5, 0.6) is 0 Å². The summed E-state index contributed by atoms with van der Waals surface area (Å²) in [6.45, 7) is 0.488. The summed E-state index contributed by atoms with van der Waals surface area (Å²) in [6.07, 6.45) is 4.85. The molecule has 1 aromatic carbocycles. The number of primary amides is 1. The Kier molecular flexibility index (Phi) is 4.54. The number of nitrogens with two attached hydrogens (primary N) is 1. The van der Waals surface area contributed by atoms with Gasteiger partial charge in [0.1, 0.15) is 11.4 Å². The van der Waals surface area contributed by atoms with E-state index in [9.17, 15) is 9.59 Å². The van der Waals surface area contributed by atoms with Crippen LogP contribution >= 0.6 is 0 Å². The normalized spacial score (nSPS) is 15.9. The molecule has 2 amide bonds. The summed E-state index contributed by atoms with van der Waals surface area (Å²) in [5, 5.41) is 17.1. The molecule has 28 heavy (non-hydrogen) atoms. The van der Waals surface area contributed by atoms with Crippen molar-refractivity contribution in [2.24, 2.45) is 5.73 Å². The predicted octanol–water partition coefficient (Wildman–Crippen LogP) is 0.200. The number of rotatable bonds is 6. The Morgan fingerprint density at radius 2 is 2.11 bits per heavy atom. The number of amides is 2. The van der Waals surface area contributed by atoms with E-state index in [0.29, 0.717) is 24.6 Å². The first-order chi connectivity index (χ1) is 13.6. The van der Waals surface area contributed by atoms with Gasteiger partial charge in [-0.3, -0.25) is 9.59 Å². The number of carbonyl (C=O) groups excluding carboxylic acids is 2. The molecule has 0 bridgehead atoms. The van der Waals surface area contributed by atoms with Gasteiger partial charge in [0.2, 0.25) is 11.9 Å². The fraction of sp³-hybridized carbons (Fsp3) is 0.176. The Morgan fingerprint density at radius 1 is 1.29 bits per heavy atom. The smallest absolute Gasteiger partial charge is 0.254 e. The van der Waals surface area contributed by atoms with E-state index in [-0.39, 0.29) is 23.3 Å². The van der Waals surface area contributed by atoms with Crippen LogP contribution in [0.3, 0.4) is 0 Å². The van der Waals surface area contributed by atoms with Gasteiger partial charge in [-0.15, -0.1) is 0 Å². The van der Waals surface area contributed by atoms with E-state index in [1.54, 1.807) is 18.5 Å². The molecule has 3 aromatic rings. The lowest BCUT2D eigenvalue weighted by Gasteiger charge is -2.14. The van der Waals surface area contributed by atoms with Crippen LogP contribution in [0.2, 0.25) is 0 Å². The minimum Gasteiger partial charge on any atom is -0.365 e. The average Bonchev–Trinajstić information content (AvgIpc) is 3.34. The molecule has 1 atom stereocenters. The van der Waals surface area contributed by atoms with Gasteiger partial charge in [-0.2, -0.15) is 20.0 Å². The summed E-state index contributed by atoms with van der Waals surface area (Å²) < 4.78 is 0. The molecule has 0 radical (unpaired) electrons. The average molecular weight is 379 g/mol. The molecule has 5 N–H and O–H groups in total. The number of nitrogens with one attached hydrogen (secondary N) is 3. The predicted molar refractivity (Wildman–Crippen MR) is 100 cm³/mol. The van der Waals surface area contributed by atoms with Gasteiger partial charge in [0.05, 0.1) is 24.1 Å². The van der Waals surface area contributed by atoms with Gasteiger partial charge in [-0.05, 0) is 18.2 Å². The summed E-state index contributed by atoms with van der Waals surface area (Å²) in [5.74, 6) is -0.142. The molecule has 0 saturated carbocycles. The maximum Gasteiger partial charge on any atom is 0.254 e. The van der Waals surface area contributed by atoms with Crippen LogP contribution in [0.1, 0.15) is 16.8 Å². The number of carbonyl (C=O) groups is 2. The largest absolute Gasteiger partial charge is 0.365 e. The molecule has 0 spiro atoms. The molecule has 3 heterocycles. The van der Waals surface area contributed by atoms with E-state index in [4.69, 9.17) is 5.73 Å². The van der Waals surface area contributed by atoms with Gasteiger partial charge in [0.25, 0.3) is 5.91 Å². The molecule has 1 saturated heterocycles. The molecule has 1 unspecified atom stereocenters. The zero-order valence-corrected chi connectivity index (χ0v) is 14.7. The van der Waals surface area contributed by atoms with Gasteiger partial charge < -0.3 is 21.7 Å². The summed E-state index contributed by atoms with van der Waals surface area (Å²) in [4.78, 5) is 33.1. The second-order valence-corrected chi connectivity index (χ2v) is 6.16. The van der Waals surface area contributed by atoms with Crippen LogP contribution in [-0.2, 0) is 4.79 Å². The highest BCUT2D eigenvalue weighted by Crippen LogP contribution is 2.22. The van der Waals surface area contributed by atoms with Crippen molar-refractivity contribution in [1.82, 2.24) is 30.3 Å².